The van der Waals surface area contributed by atoms with Crippen LogP contribution in [0.5, 0.6) is 0 Å². The minimum atomic E-state index is -0.0526. The van der Waals surface area contributed by atoms with Gasteiger partial charge in [-0.2, -0.15) is 0 Å². The molecule has 0 amide bonds. The van der Waals surface area contributed by atoms with Gasteiger partial charge in [-0.25, -0.2) is 0 Å². The van der Waals surface area contributed by atoms with Crippen LogP contribution in [0.4, 0.5) is 0 Å². The van der Waals surface area contributed by atoms with Gasteiger partial charge in [-0.1, -0.05) is 0 Å². The molecule has 2 aliphatic heterocycles. The number of likely N-dealkylation sites (tertiary alicyclic amines) is 1. The Kier molecular flexibility index (Phi) is 7.52. The van der Waals surface area contributed by atoms with E-state index in [2.05, 4.69) is 61.8 Å². The monoisotopic (exact) mass is 353 g/mol. The molecule has 0 spiro atoms. The molecular formula is C19H39N5O. The minimum absolute atomic E-state index is 0.0526. The van der Waals surface area contributed by atoms with Crippen LogP contribution in [0.1, 0.15) is 40.5 Å². The first-order valence-corrected chi connectivity index (χ1v) is 9.88. The molecule has 0 aromatic rings. The maximum Gasteiger partial charge on any atom is 0.193 e. The standard InChI is InChI=1S/C19H39N5O/c1-7-20-18(21-14-16-15-22(5)12-13-23(16)6)24-10-8-17(9-11-24)25-19(2,3)4/h16-17H,7-15H2,1-6H3,(H,20,21). The van der Waals surface area contributed by atoms with Gasteiger partial charge in [0.05, 0.1) is 18.2 Å². The number of hydrogen-bond donors (Lipinski definition) is 1. The average Bonchev–Trinajstić information content (AvgIpc) is 2.54. The van der Waals surface area contributed by atoms with E-state index in [1.807, 2.05) is 0 Å². The van der Waals surface area contributed by atoms with Crippen LogP contribution in [0.25, 0.3) is 0 Å². The highest BCUT2D eigenvalue weighted by molar-refractivity contribution is 5.80. The van der Waals surface area contributed by atoms with E-state index in [9.17, 15) is 0 Å². The van der Waals surface area contributed by atoms with Gasteiger partial charge in [-0.15, -0.1) is 0 Å². The molecule has 0 aromatic carbocycles. The van der Waals surface area contributed by atoms with Gasteiger partial charge in [0.1, 0.15) is 0 Å². The average molecular weight is 354 g/mol. The molecule has 0 radical (unpaired) electrons. The summed E-state index contributed by atoms with van der Waals surface area (Å²) in [5.74, 6) is 1.07. The van der Waals surface area contributed by atoms with Crippen molar-refractivity contribution in [1.82, 2.24) is 20.0 Å². The molecule has 1 atom stereocenters. The molecule has 0 saturated carbocycles. The van der Waals surface area contributed by atoms with Gasteiger partial charge >= 0.3 is 0 Å². The van der Waals surface area contributed by atoms with E-state index in [0.29, 0.717) is 12.1 Å². The van der Waals surface area contributed by atoms with Crippen LogP contribution in [0.15, 0.2) is 4.99 Å². The third kappa shape index (κ3) is 6.76. The Labute approximate surface area is 154 Å². The molecule has 25 heavy (non-hydrogen) atoms. The number of nitrogens with zero attached hydrogens (tertiary/aromatic N) is 4. The van der Waals surface area contributed by atoms with Gasteiger partial charge in [0, 0.05) is 45.3 Å². The predicted molar refractivity (Wildman–Crippen MR) is 105 cm³/mol. The number of guanidine groups is 1. The van der Waals surface area contributed by atoms with Gasteiger partial charge in [-0.3, -0.25) is 9.89 Å². The summed E-state index contributed by atoms with van der Waals surface area (Å²) in [6.07, 6.45) is 2.53. The SMILES string of the molecule is CCNC(=NCC1CN(C)CCN1C)N1CCC(OC(C)(C)C)CC1. The van der Waals surface area contributed by atoms with Crippen LogP contribution in [-0.4, -0.2) is 98.3 Å². The van der Waals surface area contributed by atoms with Crippen molar-refractivity contribution in [3.63, 3.8) is 0 Å². The van der Waals surface area contributed by atoms with Crippen LogP contribution in [0, 0.1) is 0 Å². The Morgan fingerprint density at radius 1 is 1.12 bits per heavy atom. The molecule has 2 saturated heterocycles. The number of piperazine rings is 1. The Balaban J connectivity index is 1.89. The van der Waals surface area contributed by atoms with E-state index < -0.39 is 0 Å². The van der Waals surface area contributed by atoms with Gasteiger partial charge in [0.15, 0.2) is 5.96 Å². The van der Waals surface area contributed by atoms with E-state index in [1.54, 1.807) is 0 Å². The lowest BCUT2D eigenvalue weighted by atomic mass is 10.1. The first-order chi connectivity index (χ1) is 11.8. The fourth-order valence-electron chi connectivity index (χ4n) is 3.60. The summed E-state index contributed by atoms with van der Waals surface area (Å²) >= 11 is 0. The van der Waals surface area contributed by atoms with Crippen LogP contribution < -0.4 is 5.32 Å². The Hall–Kier alpha value is -0.850. The lowest BCUT2D eigenvalue weighted by Crippen LogP contribution is -2.52. The lowest BCUT2D eigenvalue weighted by molar-refractivity contribution is -0.0772. The van der Waals surface area contributed by atoms with Crippen molar-refractivity contribution in [3.8, 4) is 0 Å². The van der Waals surface area contributed by atoms with Gasteiger partial charge in [-0.05, 0) is 54.6 Å². The summed E-state index contributed by atoms with van der Waals surface area (Å²) in [6, 6.07) is 0.508. The number of likely N-dealkylation sites (N-methyl/N-ethyl adjacent to an activating group) is 2. The molecule has 6 nitrogen and oxygen atoms in total. The van der Waals surface area contributed by atoms with E-state index in [1.165, 1.54) is 0 Å². The second kappa shape index (κ2) is 9.19. The fraction of sp³-hybridized carbons (Fsp3) is 0.947. The molecule has 1 N–H and O–H groups in total. The van der Waals surface area contributed by atoms with Crippen molar-refractivity contribution in [2.24, 2.45) is 4.99 Å². The molecule has 0 aliphatic carbocycles. The zero-order valence-electron chi connectivity index (χ0n) is 17.2. The second-order valence-corrected chi connectivity index (χ2v) is 8.51. The zero-order valence-corrected chi connectivity index (χ0v) is 17.2. The van der Waals surface area contributed by atoms with Crippen LogP contribution in [0.3, 0.4) is 0 Å². The minimum Gasteiger partial charge on any atom is -0.372 e. The predicted octanol–water partition coefficient (Wildman–Crippen LogP) is 1.48. The summed E-state index contributed by atoms with van der Waals surface area (Å²) in [6.45, 7) is 15.8. The number of piperidine rings is 1. The summed E-state index contributed by atoms with van der Waals surface area (Å²) < 4.78 is 6.15. The Morgan fingerprint density at radius 3 is 2.40 bits per heavy atom. The number of aliphatic imine (C=N–C) groups is 1. The molecule has 0 bridgehead atoms. The summed E-state index contributed by atoms with van der Waals surface area (Å²) in [4.78, 5) is 12.2. The lowest BCUT2D eigenvalue weighted by Gasteiger charge is -2.38. The van der Waals surface area contributed by atoms with E-state index in [4.69, 9.17) is 9.73 Å². The van der Waals surface area contributed by atoms with Crippen molar-refractivity contribution in [1.29, 1.82) is 0 Å². The van der Waals surface area contributed by atoms with Crippen molar-refractivity contribution < 1.29 is 4.74 Å². The van der Waals surface area contributed by atoms with Crippen LogP contribution >= 0.6 is 0 Å². The van der Waals surface area contributed by atoms with Crippen LogP contribution in [-0.2, 0) is 4.74 Å². The molecular weight excluding hydrogens is 314 g/mol. The summed E-state index contributed by atoms with van der Waals surface area (Å²) in [5.41, 5.74) is -0.0526. The second-order valence-electron chi connectivity index (χ2n) is 8.51. The number of nitrogens with one attached hydrogen (secondary N) is 1. The van der Waals surface area contributed by atoms with Crippen molar-refractivity contribution in [2.75, 3.05) is 59.9 Å². The van der Waals surface area contributed by atoms with E-state index >= 15 is 0 Å². The highest BCUT2D eigenvalue weighted by Gasteiger charge is 2.26. The normalized spacial score (nSPS) is 25.4. The maximum absolute atomic E-state index is 6.15. The molecule has 6 heteroatoms. The molecule has 1 unspecified atom stereocenters. The van der Waals surface area contributed by atoms with Gasteiger partial charge < -0.3 is 19.9 Å². The van der Waals surface area contributed by atoms with Crippen molar-refractivity contribution in [3.05, 3.63) is 0 Å². The Morgan fingerprint density at radius 2 is 1.80 bits per heavy atom. The quantitative estimate of drug-likeness (QED) is 0.613. The van der Waals surface area contributed by atoms with E-state index in [-0.39, 0.29) is 5.60 Å². The highest BCUT2D eigenvalue weighted by Crippen LogP contribution is 2.20. The third-order valence-electron chi connectivity index (χ3n) is 5.03. The Bertz CT molecular complexity index is 426. The van der Waals surface area contributed by atoms with Gasteiger partial charge in [0.25, 0.3) is 0 Å². The first-order valence-electron chi connectivity index (χ1n) is 9.88. The molecule has 2 fully saturated rings. The smallest absolute Gasteiger partial charge is 0.193 e. The number of hydrogen-bond acceptors (Lipinski definition) is 4. The summed E-state index contributed by atoms with van der Waals surface area (Å²) in [5, 5.41) is 3.48. The van der Waals surface area contributed by atoms with Crippen molar-refractivity contribution in [2.45, 2.75) is 58.3 Å². The highest BCUT2D eigenvalue weighted by atomic mass is 16.5. The van der Waals surface area contributed by atoms with Crippen molar-refractivity contribution >= 4 is 5.96 Å². The van der Waals surface area contributed by atoms with Crippen LogP contribution in [0.2, 0.25) is 0 Å². The zero-order chi connectivity index (χ0) is 18.4. The van der Waals surface area contributed by atoms with E-state index in [0.717, 1.165) is 64.6 Å². The third-order valence-corrected chi connectivity index (χ3v) is 5.03. The summed E-state index contributed by atoms with van der Waals surface area (Å²) in [7, 11) is 4.42. The molecule has 0 aromatic heterocycles. The van der Waals surface area contributed by atoms with Gasteiger partial charge in [0.2, 0.25) is 0 Å². The fourth-order valence-corrected chi connectivity index (χ4v) is 3.60. The number of ether oxygens (including phenoxy) is 1. The molecule has 2 aliphatic rings. The largest absolute Gasteiger partial charge is 0.372 e. The molecule has 2 heterocycles. The number of rotatable bonds is 4. The molecule has 146 valence electrons. The molecule has 2 rings (SSSR count). The first kappa shape index (κ1) is 20.5. The topological polar surface area (TPSA) is 43.3 Å². The maximum atomic E-state index is 6.15.